The van der Waals surface area contributed by atoms with Crippen LogP contribution in [-0.4, -0.2) is 54.7 Å². The lowest BCUT2D eigenvalue weighted by molar-refractivity contribution is -0.164. The van der Waals surface area contributed by atoms with Crippen LogP contribution in [0.1, 0.15) is 66.7 Å². The summed E-state index contributed by atoms with van der Waals surface area (Å²) >= 11 is 0. The summed E-state index contributed by atoms with van der Waals surface area (Å²) in [5.41, 5.74) is 10.9. The first-order valence-electron chi connectivity index (χ1n) is 18.1. The Kier molecular flexibility index (Phi) is 9.96. The zero-order valence-corrected chi connectivity index (χ0v) is 31.1. The Morgan fingerprint density at radius 3 is 2.57 bits per heavy atom. The molecule has 2 aliphatic rings. The molecule has 0 aliphatic carbocycles. The number of ether oxygens (including phenoxy) is 2. The maximum absolute atomic E-state index is 14.0. The predicted molar refractivity (Wildman–Crippen MR) is 208 cm³/mol. The van der Waals surface area contributed by atoms with Crippen LogP contribution in [0, 0.1) is 17.8 Å². The molecule has 56 heavy (non-hydrogen) atoms. The number of fused-ring (bicyclic) bond motifs is 3. The van der Waals surface area contributed by atoms with Gasteiger partial charge in [-0.2, -0.15) is 0 Å². The van der Waals surface area contributed by atoms with Crippen molar-refractivity contribution in [2.24, 2.45) is 5.92 Å². The largest absolute Gasteiger partial charge is 0.508 e. The number of nitrogens with two attached hydrogens (primary N) is 2. The highest BCUT2D eigenvalue weighted by Crippen LogP contribution is 2.56. The van der Waals surface area contributed by atoms with E-state index in [2.05, 4.69) is 21.8 Å². The van der Waals surface area contributed by atoms with E-state index in [9.17, 15) is 30.0 Å². The molecule has 0 amide bonds. The van der Waals surface area contributed by atoms with Gasteiger partial charge in [0.15, 0.2) is 5.43 Å². The molecule has 0 spiro atoms. The topological polar surface area (TPSA) is 224 Å². The Labute approximate surface area is 322 Å². The number of hydrogen-bond acceptors (Lipinski definition) is 13. The number of anilines is 2. The number of phenolic OH excluding ortho intramolecular Hbond substituents is 2. The fourth-order valence-electron chi connectivity index (χ4n) is 7.95. The molecule has 0 saturated carbocycles. The van der Waals surface area contributed by atoms with Gasteiger partial charge in [0.2, 0.25) is 0 Å². The van der Waals surface area contributed by atoms with Gasteiger partial charge >= 0.3 is 5.97 Å². The van der Waals surface area contributed by atoms with Gasteiger partial charge in [0.1, 0.15) is 63.9 Å². The average molecular weight is 759 g/mol. The quantitative estimate of drug-likeness (QED) is 0.0727. The third kappa shape index (κ3) is 6.46. The van der Waals surface area contributed by atoms with Gasteiger partial charge in [-0.3, -0.25) is 4.79 Å². The van der Waals surface area contributed by atoms with Crippen molar-refractivity contribution in [2.45, 2.75) is 69.7 Å². The summed E-state index contributed by atoms with van der Waals surface area (Å²) in [5.74, 6) is 4.48. The molecule has 3 aromatic heterocycles. The van der Waals surface area contributed by atoms with Crippen LogP contribution in [0.4, 0.5) is 11.6 Å². The number of aliphatic hydroxyl groups is 2. The van der Waals surface area contributed by atoms with Gasteiger partial charge in [0.05, 0.1) is 12.0 Å². The highest BCUT2D eigenvalue weighted by Gasteiger charge is 2.54. The van der Waals surface area contributed by atoms with Crippen LogP contribution < -0.4 is 21.6 Å². The molecule has 0 radical (unpaired) electrons. The molecule has 13 heteroatoms. The van der Waals surface area contributed by atoms with Crippen molar-refractivity contribution in [3.8, 4) is 29.1 Å². The van der Waals surface area contributed by atoms with Crippen LogP contribution in [0.15, 0.2) is 87.9 Å². The Morgan fingerprint density at radius 1 is 1.09 bits per heavy atom. The number of esters is 1. The molecule has 5 heterocycles. The molecule has 2 aliphatic heterocycles. The van der Waals surface area contributed by atoms with Crippen molar-refractivity contribution in [3.05, 3.63) is 122 Å². The molecule has 288 valence electrons. The normalized spacial score (nSPS) is 23.1. The lowest BCUT2D eigenvalue weighted by atomic mass is 9.63. The van der Waals surface area contributed by atoms with Crippen molar-refractivity contribution in [1.82, 2.24) is 9.97 Å². The SMILES string of the molecule is CC=C(C)C(=O)OC1Cc2c3c(c4oc(CO)cc(=O)c4c2O)C(c2ccnc(N)c2)C(CO)(c2cccc(O)c2)C#CCC(Cc2ccc(N)nc2)C1(C)O3. The summed E-state index contributed by atoms with van der Waals surface area (Å²) < 4.78 is 19.8. The monoisotopic (exact) mass is 758 g/mol. The summed E-state index contributed by atoms with van der Waals surface area (Å²) in [6.07, 6.45) is 4.13. The van der Waals surface area contributed by atoms with E-state index in [0.717, 1.165) is 11.6 Å². The first-order valence-corrected chi connectivity index (χ1v) is 18.1. The lowest BCUT2D eigenvalue weighted by Crippen LogP contribution is -2.57. The smallest absolute Gasteiger partial charge is 0.333 e. The fraction of sp³-hybridized carbons (Fsp3) is 0.302. The van der Waals surface area contributed by atoms with Gasteiger partial charge < -0.3 is 45.8 Å². The molecular weight excluding hydrogens is 716 g/mol. The van der Waals surface area contributed by atoms with E-state index in [1.165, 1.54) is 18.3 Å². The molecule has 2 bridgehead atoms. The van der Waals surface area contributed by atoms with E-state index in [-0.39, 0.29) is 58.0 Å². The van der Waals surface area contributed by atoms with E-state index in [4.69, 9.17) is 25.4 Å². The highest BCUT2D eigenvalue weighted by molar-refractivity contribution is 5.92. The number of phenols is 2. The van der Waals surface area contributed by atoms with E-state index >= 15 is 0 Å². The second-order valence-corrected chi connectivity index (χ2v) is 14.5. The highest BCUT2D eigenvalue weighted by atomic mass is 16.6. The molecule has 2 aromatic carbocycles. The lowest BCUT2D eigenvalue weighted by Gasteiger charge is -2.48. The molecule has 13 nitrogen and oxygen atoms in total. The summed E-state index contributed by atoms with van der Waals surface area (Å²) in [5, 5.41) is 44.8. The number of allylic oxidation sites excluding steroid dienone is 1. The van der Waals surface area contributed by atoms with E-state index < -0.39 is 59.3 Å². The number of nitrogen functional groups attached to an aromatic ring is 2. The molecule has 8 N–H and O–H groups in total. The van der Waals surface area contributed by atoms with Gasteiger partial charge in [0.25, 0.3) is 0 Å². The minimum atomic E-state index is -1.60. The Morgan fingerprint density at radius 2 is 1.89 bits per heavy atom. The minimum Gasteiger partial charge on any atom is -0.508 e. The molecule has 0 fully saturated rings. The third-order valence-electron chi connectivity index (χ3n) is 11.1. The second kappa shape index (κ2) is 14.7. The van der Waals surface area contributed by atoms with Gasteiger partial charge in [-0.1, -0.05) is 30.2 Å². The number of carbonyl (C=O) groups is 1. The van der Waals surface area contributed by atoms with E-state index in [0.29, 0.717) is 28.9 Å². The molecule has 5 aromatic rings. The molecule has 5 atom stereocenters. The zero-order valence-electron chi connectivity index (χ0n) is 31.1. The first kappa shape index (κ1) is 37.9. The number of nitrogens with zero attached hydrogens (tertiary/aromatic N) is 2. The van der Waals surface area contributed by atoms with Crippen LogP contribution in [-0.2, 0) is 34.4 Å². The number of rotatable bonds is 8. The fourth-order valence-corrected chi connectivity index (χ4v) is 7.95. The van der Waals surface area contributed by atoms with Crippen molar-refractivity contribution < 1.29 is 39.1 Å². The molecule has 5 unspecified atom stereocenters. The first-order chi connectivity index (χ1) is 26.8. The van der Waals surface area contributed by atoms with Gasteiger partial charge in [-0.15, -0.1) is 5.92 Å². The Hall–Kier alpha value is -6.36. The summed E-state index contributed by atoms with van der Waals surface area (Å²) in [6, 6.07) is 14.2. The van der Waals surface area contributed by atoms with Crippen LogP contribution in [0.2, 0.25) is 0 Å². The third-order valence-corrected chi connectivity index (χ3v) is 11.1. The van der Waals surface area contributed by atoms with E-state index in [1.807, 2.05) is 13.0 Å². The van der Waals surface area contributed by atoms with Gasteiger partial charge in [-0.05, 0) is 74.2 Å². The summed E-state index contributed by atoms with van der Waals surface area (Å²) in [4.78, 5) is 36.0. The van der Waals surface area contributed by atoms with Crippen LogP contribution in [0.25, 0.3) is 11.0 Å². The number of hydrogen-bond donors (Lipinski definition) is 6. The standard InChI is InChI=1S/C43H42N4O9/c1-4-23(2)41(53)55-32-19-30-38(52)35-31(51)18-29(21-48)54-40(35)36-37(25-12-14-46-34(45)16-25)43(22-49,27-7-5-9-28(50)17-27)13-6-8-26(42(32,3)56-39(30)36)15-24-10-11-33(44)47-20-24/h4-5,7,9-12,14,16-18,20,26,32,37,48-50,52H,8,15,19,21-22H2,1-3H3,(H2,44,47)(H2,45,46). The molecule has 7 rings (SSSR count). The van der Waals surface area contributed by atoms with Crippen LogP contribution >= 0.6 is 0 Å². The number of benzene rings is 2. The maximum Gasteiger partial charge on any atom is 0.333 e. The number of carbonyl (C=O) groups excluding carboxylic acids is 1. The molecular formula is C43H42N4O9. The number of aromatic hydroxyl groups is 2. The zero-order chi connectivity index (χ0) is 39.9. The van der Waals surface area contributed by atoms with Gasteiger partial charge in [0, 0.05) is 59.8 Å². The average Bonchev–Trinajstić information content (AvgIpc) is 3.18. The number of pyridine rings is 2. The minimum absolute atomic E-state index is 0.0902. The van der Waals surface area contributed by atoms with Crippen molar-refractivity contribution in [3.63, 3.8) is 0 Å². The predicted octanol–water partition coefficient (Wildman–Crippen LogP) is 4.55. The van der Waals surface area contributed by atoms with E-state index in [1.54, 1.807) is 56.5 Å². The van der Waals surface area contributed by atoms with Gasteiger partial charge in [-0.25, -0.2) is 14.8 Å². The molecule has 0 saturated heterocycles. The number of aromatic nitrogens is 2. The van der Waals surface area contributed by atoms with Crippen molar-refractivity contribution in [2.75, 3.05) is 18.1 Å². The van der Waals surface area contributed by atoms with Crippen LogP contribution in [0.3, 0.4) is 0 Å². The Balaban J connectivity index is 1.65. The second-order valence-electron chi connectivity index (χ2n) is 14.5. The number of aliphatic hydroxyl groups excluding tert-OH is 2. The maximum atomic E-state index is 14.0. The van der Waals surface area contributed by atoms with Crippen LogP contribution in [0.5, 0.6) is 17.2 Å². The summed E-state index contributed by atoms with van der Waals surface area (Å²) in [6.45, 7) is 3.90. The Bertz CT molecular complexity index is 2500. The van der Waals surface area contributed by atoms with Crippen molar-refractivity contribution >= 4 is 28.6 Å². The summed E-state index contributed by atoms with van der Waals surface area (Å²) in [7, 11) is 0. The van der Waals surface area contributed by atoms with Crippen molar-refractivity contribution in [1.29, 1.82) is 0 Å².